The van der Waals surface area contributed by atoms with Crippen LogP contribution in [0.3, 0.4) is 0 Å². The van der Waals surface area contributed by atoms with Gasteiger partial charge in [0.05, 0.1) is 0 Å². The summed E-state index contributed by atoms with van der Waals surface area (Å²) >= 11 is -0.547. The van der Waals surface area contributed by atoms with E-state index in [9.17, 15) is 0 Å². The van der Waals surface area contributed by atoms with E-state index < -0.39 is 21.9 Å². The fraction of sp³-hybridized carbons (Fsp3) is 0.429. The predicted octanol–water partition coefficient (Wildman–Crippen LogP) is 2.04. The molecule has 32 heavy (non-hydrogen) atoms. The molecule has 1 unspecified atom stereocenters. The Morgan fingerprint density at radius 2 is 1.53 bits per heavy atom. The maximum atomic E-state index is 2.58. The van der Waals surface area contributed by atoms with Crippen LogP contribution in [0.5, 0.6) is 0 Å². The van der Waals surface area contributed by atoms with Crippen molar-refractivity contribution in [1.29, 1.82) is 0 Å². The fourth-order valence-corrected chi connectivity index (χ4v) is 13.5. The second-order valence-corrected chi connectivity index (χ2v) is 24.4. The standard InChI is InChI=1S/C26H29.C2H6Si.2ClH.Zr/c1-25(2,3)19-11-12-20-18(15-19)16-22-21(20)13-14-23(26(4,5)6)24(22)17-9-7-8-10-17;1-3-2;;;/h7-9,11-16H,10H2,1-6H3;1-2H3;2*1H;/q;;;;+2/p-2. The Labute approximate surface area is 219 Å². The molecule has 2 aromatic rings. The van der Waals surface area contributed by atoms with Crippen LogP contribution in [0, 0.1) is 0 Å². The molecule has 2 aromatic carbocycles. The van der Waals surface area contributed by atoms with Gasteiger partial charge in [-0.05, 0) is 0 Å². The Morgan fingerprint density at radius 1 is 0.875 bits per heavy atom. The number of hydrogen-bond acceptors (Lipinski definition) is 0. The molecule has 169 valence electrons. The first-order valence-electron chi connectivity index (χ1n) is 11.2. The van der Waals surface area contributed by atoms with Gasteiger partial charge >= 0.3 is 196 Å². The van der Waals surface area contributed by atoms with E-state index in [1.807, 2.05) is 0 Å². The van der Waals surface area contributed by atoms with E-state index in [2.05, 4.69) is 103 Å². The third kappa shape index (κ3) is 5.14. The monoisotopic (exact) mass is 559 g/mol. The van der Waals surface area contributed by atoms with Crippen LogP contribution in [0.15, 0.2) is 48.6 Å². The molecule has 0 aliphatic heterocycles. The summed E-state index contributed by atoms with van der Waals surface area (Å²) in [6.07, 6.45) is 8.03. The van der Waals surface area contributed by atoms with Gasteiger partial charge in [0.2, 0.25) is 0 Å². The first-order valence-corrected chi connectivity index (χ1v) is 18.8. The van der Waals surface area contributed by atoms with Crippen LogP contribution < -0.4 is 24.8 Å². The number of benzene rings is 2. The van der Waals surface area contributed by atoms with Crippen molar-refractivity contribution in [3.63, 3.8) is 0 Å². The van der Waals surface area contributed by atoms with Crippen LogP contribution in [-0.2, 0) is 32.7 Å². The predicted molar refractivity (Wildman–Crippen MR) is 130 cm³/mol. The summed E-state index contributed by atoms with van der Waals surface area (Å²) in [6, 6.07) is 12.3. The van der Waals surface area contributed by atoms with Crippen LogP contribution in [0.25, 0.3) is 16.7 Å². The van der Waals surface area contributed by atoms with Crippen molar-refractivity contribution < 1.29 is 46.7 Å². The molecule has 4 heteroatoms. The molecule has 0 saturated carbocycles. The van der Waals surface area contributed by atoms with Gasteiger partial charge in [-0.25, -0.2) is 0 Å². The van der Waals surface area contributed by atoms with Gasteiger partial charge in [-0.1, -0.05) is 0 Å². The average Bonchev–Trinajstić information content (AvgIpc) is 3.26. The Bertz CT molecular complexity index is 1110. The molecular weight excluding hydrogens is 527 g/mol. The number of rotatable bonds is 2. The number of allylic oxidation sites excluding steroid dienone is 4. The minimum atomic E-state index is -0.547. The first-order chi connectivity index (χ1) is 14.0. The molecule has 4 rings (SSSR count). The van der Waals surface area contributed by atoms with Gasteiger partial charge < -0.3 is 24.8 Å². The third-order valence-corrected chi connectivity index (χ3v) is 15.1. The molecule has 0 heterocycles. The molecule has 2 aliphatic carbocycles. The molecule has 0 nitrogen and oxygen atoms in total. The molecule has 1 atom stereocenters. The molecule has 0 amide bonds. The van der Waals surface area contributed by atoms with Crippen molar-refractivity contribution in [1.82, 2.24) is 0 Å². The maximum absolute atomic E-state index is 2.58. The summed E-state index contributed by atoms with van der Waals surface area (Å²) in [6.45, 7) is 19.3. The van der Waals surface area contributed by atoms with Gasteiger partial charge in [-0.15, -0.1) is 0 Å². The normalized spacial score (nSPS) is 16.4. The minimum Gasteiger partial charge on any atom is -1.00 e. The molecule has 0 radical (unpaired) electrons. The van der Waals surface area contributed by atoms with Gasteiger partial charge in [0.25, 0.3) is 0 Å². The van der Waals surface area contributed by atoms with Crippen LogP contribution in [-0.4, -0.2) is 5.43 Å². The molecule has 0 N–H and O–H groups in total. The molecule has 0 bridgehead atoms. The summed E-state index contributed by atoms with van der Waals surface area (Å²) < 4.78 is 0.698. The molecule has 2 aliphatic rings. The van der Waals surface area contributed by atoms with Crippen LogP contribution in [0.4, 0.5) is 0 Å². The summed E-state index contributed by atoms with van der Waals surface area (Å²) in [5.41, 5.74) is 12.7. The summed E-state index contributed by atoms with van der Waals surface area (Å²) in [5.74, 6) is 0. The van der Waals surface area contributed by atoms with Crippen molar-refractivity contribution in [2.45, 2.75) is 75.5 Å². The topological polar surface area (TPSA) is 0 Å². The average molecular weight is 562 g/mol. The molecule has 0 spiro atoms. The summed E-state index contributed by atoms with van der Waals surface area (Å²) in [4.78, 5) is 0. The zero-order chi connectivity index (χ0) is 21.8. The van der Waals surface area contributed by atoms with E-state index in [0.29, 0.717) is 3.63 Å². The Kier molecular flexibility index (Phi) is 8.76. The van der Waals surface area contributed by atoms with Gasteiger partial charge in [0, 0.05) is 0 Å². The largest absolute Gasteiger partial charge is 1.00 e. The Balaban J connectivity index is 0.00000181. The van der Waals surface area contributed by atoms with E-state index in [-0.39, 0.29) is 41.1 Å². The molecule has 0 aromatic heterocycles. The van der Waals surface area contributed by atoms with E-state index in [0.717, 1.165) is 6.42 Å². The third-order valence-electron chi connectivity index (χ3n) is 6.39. The number of halogens is 2. The first kappa shape index (κ1) is 27.8. The van der Waals surface area contributed by atoms with Gasteiger partial charge in [0.15, 0.2) is 0 Å². The SMILES string of the molecule is C[Si](C)=[Zr+2][CH]1c2cc(C(C)(C)C)ccc2-c2ccc(C(C)(C)C)c(C3=CC=CC3)c21.[Cl-].[Cl-]. The summed E-state index contributed by atoms with van der Waals surface area (Å²) in [5, 5.41) is 0. The molecule has 0 saturated heterocycles. The van der Waals surface area contributed by atoms with Crippen LogP contribution in [0.2, 0.25) is 13.1 Å². The van der Waals surface area contributed by atoms with E-state index in [1.54, 1.807) is 16.7 Å². The Morgan fingerprint density at radius 3 is 2.06 bits per heavy atom. The second-order valence-electron chi connectivity index (χ2n) is 11.2. The quantitative estimate of drug-likeness (QED) is 0.493. The molecule has 0 fully saturated rings. The number of fused-ring (bicyclic) bond motifs is 3. The number of hydrogen-bond donors (Lipinski definition) is 0. The maximum Gasteiger partial charge on any atom is -1.00 e. The van der Waals surface area contributed by atoms with Gasteiger partial charge in [-0.3, -0.25) is 0 Å². The van der Waals surface area contributed by atoms with E-state index >= 15 is 0 Å². The van der Waals surface area contributed by atoms with Gasteiger partial charge in [0.1, 0.15) is 0 Å². The second kappa shape index (κ2) is 10.1. The van der Waals surface area contributed by atoms with Gasteiger partial charge in [-0.2, -0.15) is 0 Å². The van der Waals surface area contributed by atoms with Crippen molar-refractivity contribution >= 4 is 11.0 Å². The molecular formula is C28H35Cl2SiZr. The van der Waals surface area contributed by atoms with Crippen molar-refractivity contribution in [3.05, 3.63) is 76.4 Å². The fourth-order valence-electron chi connectivity index (χ4n) is 4.87. The van der Waals surface area contributed by atoms with Crippen LogP contribution >= 0.6 is 0 Å². The minimum absolute atomic E-state index is 0. The summed E-state index contributed by atoms with van der Waals surface area (Å²) in [7, 11) is 0. The van der Waals surface area contributed by atoms with Crippen molar-refractivity contribution in [3.8, 4) is 11.1 Å². The van der Waals surface area contributed by atoms with Crippen molar-refractivity contribution in [2.75, 3.05) is 0 Å². The smallest absolute Gasteiger partial charge is 1.00 e. The van der Waals surface area contributed by atoms with Crippen LogP contribution in [0.1, 0.15) is 79.4 Å². The zero-order valence-electron chi connectivity index (χ0n) is 20.7. The van der Waals surface area contributed by atoms with E-state index in [1.165, 1.54) is 27.8 Å². The Hall–Kier alpha value is -0.400. The zero-order valence-corrected chi connectivity index (χ0v) is 25.6. The van der Waals surface area contributed by atoms with E-state index in [4.69, 9.17) is 0 Å². The van der Waals surface area contributed by atoms with Crippen molar-refractivity contribution in [2.24, 2.45) is 0 Å².